The van der Waals surface area contributed by atoms with Gasteiger partial charge in [-0.05, 0) is 0 Å². The average Bonchev–Trinajstić information content (AvgIpc) is 3.08. The first-order chi connectivity index (χ1) is 23.6. The molecule has 5 aliphatic heterocycles. The number of aliphatic hydroxyl groups excluding tert-OH is 11. The summed E-state index contributed by atoms with van der Waals surface area (Å²) in [6.07, 6.45) is -35.7. The Morgan fingerprint density at radius 2 is 0.980 bits per heavy atom. The number of ether oxygens (including phenoxy) is 10. The predicted octanol–water partition coefficient (Wildman–Crippen LogP) is -8.62. The van der Waals surface area contributed by atoms with E-state index >= 15 is 0 Å². The molecule has 0 spiro atoms. The second kappa shape index (κ2) is 16.8. The van der Waals surface area contributed by atoms with Crippen LogP contribution in [0.1, 0.15) is 0 Å². The standard InChI is InChI=1S/C27H44O23/c1-41-19-13(33)16(36)27(50-21(19)22(38)39)49-20-12(32)8(4-42-23(20)40)46-26-17(37)18(48-25-15(35)11(31)7(29)3-44-25)9(5-45-26)47-24-14(34)10(30)6(28)2-43-24/h6-21,23-37,40H,2-5H2,1H3,(H,38,39)/t6-,7-,8-,9-,10+,11+,12+,13-,14-,15-,16-,17-,18+,19+,20-,21+,23?,24+,25+,26+,27+/m1/s1. The highest BCUT2D eigenvalue weighted by Crippen LogP contribution is 2.32. The molecule has 5 saturated heterocycles. The Balaban J connectivity index is 1.29. The lowest BCUT2D eigenvalue weighted by Crippen LogP contribution is -2.65. The third-order valence-electron chi connectivity index (χ3n) is 9.01. The van der Waals surface area contributed by atoms with Crippen molar-refractivity contribution in [3.63, 3.8) is 0 Å². The number of hydrogen-bond donors (Lipinski definition) is 12. The summed E-state index contributed by atoms with van der Waals surface area (Å²) in [7, 11) is 1.08. The van der Waals surface area contributed by atoms with E-state index in [0.29, 0.717) is 0 Å². The first-order valence-corrected chi connectivity index (χ1v) is 15.6. The molecule has 0 radical (unpaired) electrons. The first-order valence-electron chi connectivity index (χ1n) is 15.6. The zero-order valence-corrected chi connectivity index (χ0v) is 26.3. The second-order valence-electron chi connectivity index (χ2n) is 12.4. The summed E-state index contributed by atoms with van der Waals surface area (Å²) in [5.74, 6) is -1.57. The molecule has 0 aromatic heterocycles. The van der Waals surface area contributed by atoms with E-state index < -0.39 is 162 Å². The molecule has 290 valence electrons. The van der Waals surface area contributed by atoms with Crippen molar-refractivity contribution in [1.82, 2.24) is 0 Å². The van der Waals surface area contributed by atoms with Gasteiger partial charge in [-0.15, -0.1) is 0 Å². The molecule has 5 aliphatic rings. The molecule has 1 unspecified atom stereocenters. The fourth-order valence-electron chi connectivity index (χ4n) is 6.06. The Labute approximate surface area is 282 Å². The molecule has 23 heteroatoms. The summed E-state index contributed by atoms with van der Waals surface area (Å²) < 4.78 is 54.2. The van der Waals surface area contributed by atoms with Gasteiger partial charge in [0.2, 0.25) is 0 Å². The van der Waals surface area contributed by atoms with Gasteiger partial charge < -0.3 is 109 Å². The van der Waals surface area contributed by atoms with Crippen molar-refractivity contribution in [3.8, 4) is 0 Å². The van der Waals surface area contributed by atoms with Gasteiger partial charge in [-0.3, -0.25) is 0 Å². The van der Waals surface area contributed by atoms with E-state index in [0.717, 1.165) is 7.11 Å². The minimum absolute atomic E-state index is 0.439. The van der Waals surface area contributed by atoms with Gasteiger partial charge in [0, 0.05) is 7.11 Å². The summed E-state index contributed by atoms with van der Waals surface area (Å²) in [6, 6.07) is 0. The van der Waals surface area contributed by atoms with Crippen LogP contribution in [0.4, 0.5) is 0 Å². The van der Waals surface area contributed by atoms with Gasteiger partial charge >= 0.3 is 5.97 Å². The lowest BCUT2D eigenvalue weighted by molar-refractivity contribution is -0.379. The molecule has 0 aliphatic carbocycles. The predicted molar refractivity (Wildman–Crippen MR) is 148 cm³/mol. The van der Waals surface area contributed by atoms with Crippen molar-refractivity contribution in [2.24, 2.45) is 0 Å². The number of methoxy groups -OCH3 is 1. The zero-order chi connectivity index (χ0) is 36.6. The van der Waals surface area contributed by atoms with Crippen molar-refractivity contribution >= 4 is 5.97 Å². The summed E-state index contributed by atoms with van der Waals surface area (Å²) in [5.41, 5.74) is 0. The van der Waals surface area contributed by atoms with Crippen LogP contribution in [0.25, 0.3) is 0 Å². The lowest BCUT2D eigenvalue weighted by Gasteiger charge is -2.47. The smallest absolute Gasteiger partial charge is 0.335 e. The minimum atomic E-state index is -1.92. The SMILES string of the molecule is CO[C@H]1[C@H](O)[C@@H](O)[C@@H](O[C@H]2C(O)OC[C@@H](O[C@@H]3OC[C@@H](O[C@@H]4OC[C@@H](O)[C@H](O)[C@H]4O)[C@H](O[C@@H]4OC[C@@H](O)[C@H](O)[C@H]4O)[C@H]3O)[C@@H]2O)O[C@@H]1C(=O)O. The maximum Gasteiger partial charge on any atom is 0.335 e. The van der Waals surface area contributed by atoms with Crippen LogP contribution < -0.4 is 0 Å². The van der Waals surface area contributed by atoms with E-state index in [1.165, 1.54) is 0 Å². The molecule has 0 amide bonds. The summed E-state index contributed by atoms with van der Waals surface area (Å²) in [5, 5.41) is 124. The van der Waals surface area contributed by atoms with Gasteiger partial charge in [-0.25, -0.2) is 4.79 Å². The van der Waals surface area contributed by atoms with Crippen molar-refractivity contribution in [3.05, 3.63) is 0 Å². The molecule has 5 fully saturated rings. The van der Waals surface area contributed by atoms with E-state index in [1.54, 1.807) is 0 Å². The Hall–Kier alpha value is -1.37. The van der Waals surface area contributed by atoms with Crippen molar-refractivity contribution in [2.75, 3.05) is 33.5 Å². The fourth-order valence-corrected chi connectivity index (χ4v) is 6.06. The highest BCUT2D eigenvalue weighted by atomic mass is 16.8. The second-order valence-corrected chi connectivity index (χ2v) is 12.4. The van der Waals surface area contributed by atoms with E-state index in [9.17, 15) is 66.1 Å². The van der Waals surface area contributed by atoms with Gasteiger partial charge in [0.05, 0.1) is 26.4 Å². The monoisotopic (exact) mass is 736 g/mol. The molecule has 50 heavy (non-hydrogen) atoms. The normalized spacial score (nSPS) is 52.0. The maximum absolute atomic E-state index is 11.7. The number of aliphatic hydroxyl groups is 11. The van der Waals surface area contributed by atoms with Gasteiger partial charge in [0.1, 0.15) is 91.6 Å². The largest absolute Gasteiger partial charge is 0.479 e. The molecular formula is C27H44O23. The Bertz CT molecular complexity index is 1100. The quantitative estimate of drug-likeness (QED) is 0.0990. The first kappa shape index (κ1) is 39.8. The Morgan fingerprint density at radius 3 is 1.56 bits per heavy atom. The number of hydrogen-bond acceptors (Lipinski definition) is 22. The average molecular weight is 737 g/mol. The van der Waals surface area contributed by atoms with Crippen LogP contribution >= 0.6 is 0 Å². The van der Waals surface area contributed by atoms with Crippen LogP contribution in [0.2, 0.25) is 0 Å². The fraction of sp³-hybridized carbons (Fsp3) is 0.963. The van der Waals surface area contributed by atoms with Crippen molar-refractivity contribution in [1.29, 1.82) is 0 Å². The number of rotatable bonds is 10. The lowest BCUT2D eigenvalue weighted by atomic mass is 9.98. The zero-order valence-electron chi connectivity index (χ0n) is 26.3. The molecule has 23 nitrogen and oxygen atoms in total. The van der Waals surface area contributed by atoms with Crippen LogP contribution in [0.5, 0.6) is 0 Å². The molecule has 12 N–H and O–H groups in total. The highest BCUT2D eigenvalue weighted by Gasteiger charge is 2.54. The maximum atomic E-state index is 11.7. The number of carbonyl (C=O) groups is 1. The summed E-state index contributed by atoms with van der Waals surface area (Å²) >= 11 is 0. The van der Waals surface area contributed by atoms with E-state index in [4.69, 9.17) is 47.4 Å². The number of carboxylic acids is 1. The van der Waals surface area contributed by atoms with E-state index in [1.807, 2.05) is 0 Å². The van der Waals surface area contributed by atoms with Crippen molar-refractivity contribution in [2.45, 2.75) is 129 Å². The molecule has 0 saturated carbocycles. The molecule has 0 aromatic rings. The van der Waals surface area contributed by atoms with Gasteiger partial charge in [0.25, 0.3) is 0 Å². The third kappa shape index (κ3) is 8.23. The van der Waals surface area contributed by atoms with Crippen molar-refractivity contribution < 1.29 is 113 Å². The van der Waals surface area contributed by atoms with Crippen LogP contribution in [-0.2, 0) is 52.2 Å². The van der Waals surface area contributed by atoms with Gasteiger partial charge in [0.15, 0.2) is 37.6 Å². The summed E-state index contributed by atoms with van der Waals surface area (Å²) in [4.78, 5) is 11.7. The molecule has 0 aromatic carbocycles. The van der Waals surface area contributed by atoms with Crippen LogP contribution in [0.15, 0.2) is 0 Å². The molecule has 21 atom stereocenters. The topological polar surface area (TPSA) is 352 Å². The molecule has 5 heterocycles. The third-order valence-corrected chi connectivity index (χ3v) is 9.01. The van der Waals surface area contributed by atoms with Gasteiger partial charge in [-0.1, -0.05) is 0 Å². The van der Waals surface area contributed by atoms with Crippen LogP contribution in [0.3, 0.4) is 0 Å². The highest BCUT2D eigenvalue weighted by molar-refractivity contribution is 5.73. The van der Waals surface area contributed by atoms with Crippen LogP contribution in [-0.4, -0.2) is 230 Å². The number of carboxylic acid groups (broad SMARTS) is 1. The Morgan fingerprint density at radius 1 is 0.500 bits per heavy atom. The van der Waals surface area contributed by atoms with E-state index in [-0.39, 0.29) is 0 Å². The molecular weight excluding hydrogens is 692 g/mol. The summed E-state index contributed by atoms with van der Waals surface area (Å²) in [6.45, 7) is -1.98. The van der Waals surface area contributed by atoms with Crippen LogP contribution in [0, 0.1) is 0 Å². The van der Waals surface area contributed by atoms with E-state index in [2.05, 4.69) is 0 Å². The number of aliphatic carboxylic acids is 1. The molecule has 0 bridgehead atoms. The molecule has 5 rings (SSSR count). The minimum Gasteiger partial charge on any atom is -0.479 e. The Kier molecular flexibility index (Phi) is 13.3. The van der Waals surface area contributed by atoms with Gasteiger partial charge in [-0.2, -0.15) is 0 Å².